The van der Waals surface area contributed by atoms with Crippen molar-refractivity contribution < 1.29 is 9.59 Å². The van der Waals surface area contributed by atoms with Gasteiger partial charge in [-0.1, -0.05) is 30.3 Å². The topological polar surface area (TPSA) is 75.4 Å². The average molecular weight is 247 g/mol. The minimum Gasteiger partial charge on any atom is -0.368 e. The first-order chi connectivity index (χ1) is 8.68. The molecule has 0 spiro atoms. The zero-order valence-electron chi connectivity index (χ0n) is 10.1. The Morgan fingerprint density at radius 3 is 2.72 bits per heavy atom. The number of rotatable bonds is 3. The van der Waals surface area contributed by atoms with Gasteiger partial charge in [-0.15, -0.1) is 0 Å². The number of primary amides is 1. The Bertz CT molecular complexity index is 433. The van der Waals surface area contributed by atoms with Crippen molar-refractivity contribution in [2.45, 2.75) is 25.4 Å². The lowest BCUT2D eigenvalue weighted by molar-refractivity contribution is -0.121. The maximum Gasteiger partial charge on any atom is 0.318 e. The highest BCUT2D eigenvalue weighted by atomic mass is 16.2. The van der Waals surface area contributed by atoms with Crippen LogP contribution in [0, 0.1) is 0 Å². The molecule has 1 saturated heterocycles. The van der Waals surface area contributed by atoms with E-state index in [0.717, 1.165) is 12.0 Å². The quantitative estimate of drug-likeness (QED) is 0.830. The van der Waals surface area contributed by atoms with E-state index < -0.39 is 11.9 Å². The van der Waals surface area contributed by atoms with Crippen LogP contribution in [0.5, 0.6) is 0 Å². The van der Waals surface area contributed by atoms with Crippen molar-refractivity contribution in [3.63, 3.8) is 0 Å². The lowest BCUT2D eigenvalue weighted by atomic mass is 10.2. The van der Waals surface area contributed by atoms with E-state index in [0.29, 0.717) is 19.5 Å². The van der Waals surface area contributed by atoms with Gasteiger partial charge in [0.1, 0.15) is 6.04 Å². The highest BCUT2D eigenvalue weighted by molar-refractivity contribution is 5.86. The zero-order valence-corrected chi connectivity index (χ0v) is 10.1. The molecule has 96 valence electrons. The number of nitrogens with zero attached hydrogens (tertiary/aromatic N) is 1. The maximum atomic E-state index is 11.9. The first-order valence-electron chi connectivity index (χ1n) is 6.06. The number of carbonyl (C=O) groups is 2. The first kappa shape index (κ1) is 12.4. The number of hydrogen-bond acceptors (Lipinski definition) is 2. The van der Waals surface area contributed by atoms with Crippen LogP contribution in [0.2, 0.25) is 0 Å². The Morgan fingerprint density at radius 2 is 2.06 bits per heavy atom. The molecule has 1 heterocycles. The molecule has 0 aliphatic carbocycles. The van der Waals surface area contributed by atoms with Gasteiger partial charge in [-0.2, -0.15) is 0 Å². The van der Waals surface area contributed by atoms with Gasteiger partial charge >= 0.3 is 6.03 Å². The Morgan fingerprint density at radius 1 is 1.33 bits per heavy atom. The molecule has 0 saturated carbocycles. The van der Waals surface area contributed by atoms with Crippen molar-refractivity contribution in [3.05, 3.63) is 35.9 Å². The summed E-state index contributed by atoms with van der Waals surface area (Å²) < 4.78 is 0. The lowest BCUT2D eigenvalue weighted by Crippen LogP contribution is -2.47. The molecular weight excluding hydrogens is 230 g/mol. The molecule has 1 aromatic carbocycles. The van der Waals surface area contributed by atoms with Crippen LogP contribution in [0.3, 0.4) is 0 Å². The summed E-state index contributed by atoms with van der Waals surface area (Å²) in [4.78, 5) is 24.7. The standard InChI is InChI=1S/C13H17N3O2/c14-12(17)11-7-4-8-16(11)13(18)15-9-10-5-2-1-3-6-10/h1-3,5-6,11H,4,7-9H2,(H2,14,17)(H,15,18)/t11-/m0/s1. The van der Waals surface area contributed by atoms with Crippen LogP contribution >= 0.6 is 0 Å². The Labute approximate surface area is 106 Å². The minimum absolute atomic E-state index is 0.222. The molecule has 1 aliphatic rings. The molecule has 1 aromatic rings. The molecule has 0 aromatic heterocycles. The van der Waals surface area contributed by atoms with E-state index in [2.05, 4.69) is 5.32 Å². The van der Waals surface area contributed by atoms with Crippen molar-refractivity contribution in [3.8, 4) is 0 Å². The second-order valence-electron chi connectivity index (χ2n) is 4.40. The number of nitrogens with one attached hydrogen (secondary N) is 1. The van der Waals surface area contributed by atoms with E-state index in [1.54, 1.807) is 0 Å². The molecule has 5 heteroatoms. The van der Waals surface area contributed by atoms with E-state index in [1.807, 2.05) is 30.3 Å². The van der Waals surface area contributed by atoms with E-state index in [4.69, 9.17) is 5.73 Å². The number of nitrogens with two attached hydrogens (primary N) is 1. The number of amides is 3. The Kier molecular flexibility index (Phi) is 3.82. The summed E-state index contributed by atoms with van der Waals surface area (Å²) in [5.41, 5.74) is 6.30. The SMILES string of the molecule is NC(=O)[C@@H]1CCCN1C(=O)NCc1ccccc1. The van der Waals surface area contributed by atoms with Gasteiger partial charge in [-0.05, 0) is 18.4 Å². The van der Waals surface area contributed by atoms with Gasteiger partial charge < -0.3 is 16.0 Å². The summed E-state index contributed by atoms with van der Waals surface area (Å²) >= 11 is 0. The van der Waals surface area contributed by atoms with Crippen LogP contribution in [-0.2, 0) is 11.3 Å². The van der Waals surface area contributed by atoms with Crippen LogP contribution in [0.25, 0.3) is 0 Å². The van der Waals surface area contributed by atoms with E-state index in [9.17, 15) is 9.59 Å². The van der Waals surface area contributed by atoms with Crippen LogP contribution in [0.1, 0.15) is 18.4 Å². The minimum atomic E-state index is -0.458. The number of likely N-dealkylation sites (tertiary alicyclic amines) is 1. The van der Waals surface area contributed by atoms with Crippen molar-refractivity contribution >= 4 is 11.9 Å². The van der Waals surface area contributed by atoms with Crippen LogP contribution in [0.15, 0.2) is 30.3 Å². The first-order valence-corrected chi connectivity index (χ1v) is 6.06. The fourth-order valence-electron chi connectivity index (χ4n) is 2.18. The van der Waals surface area contributed by atoms with Crippen molar-refractivity contribution in [1.82, 2.24) is 10.2 Å². The van der Waals surface area contributed by atoms with Crippen molar-refractivity contribution in [2.75, 3.05) is 6.54 Å². The summed E-state index contributed by atoms with van der Waals surface area (Å²) in [6, 6.07) is 8.97. The van der Waals surface area contributed by atoms with Crippen LogP contribution in [0.4, 0.5) is 4.79 Å². The second-order valence-corrected chi connectivity index (χ2v) is 4.40. The number of urea groups is 1. The lowest BCUT2D eigenvalue weighted by Gasteiger charge is -2.22. The third-order valence-corrected chi connectivity index (χ3v) is 3.13. The third-order valence-electron chi connectivity index (χ3n) is 3.13. The second kappa shape index (κ2) is 5.53. The normalized spacial score (nSPS) is 18.7. The molecule has 0 radical (unpaired) electrons. The molecule has 1 atom stereocenters. The van der Waals surface area contributed by atoms with Gasteiger partial charge in [-0.3, -0.25) is 4.79 Å². The largest absolute Gasteiger partial charge is 0.368 e. The molecule has 5 nitrogen and oxygen atoms in total. The van der Waals surface area contributed by atoms with Gasteiger partial charge in [0.2, 0.25) is 5.91 Å². The van der Waals surface area contributed by atoms with E-state index in [1.165, 1.54) is 4.90 Å². The molecule has 1 fully saturated rings. The molecular formula is C13H17N3O2. The predicted molar refractivity (Wildman–Crippen MR) is 67.6 cm³/mol. The molecule has 3 N–H and O–H groups in total. The molecule has 18 heavy (non-hydrogen) atoms. The molecule has 1 aliphatic heterocycles. The Balaban J connectivity index is 1.90. The van der Waals surface area contributed by atoms with Gasteiger partial charge in [0, 0.05) is 13.1 Å². The van der Waals surface area contributed by atoms with E-state index >= 15 is 0 Å². The zero-order chi connectivity index (χ0) is 13.0. The molecule has 0 unspecified atom stereocenters. The fourth-order valence-corrected chi connectivity index (χ4v) is 2.18. The summed E-state index contributed by atoms with van der Waals surface area (Å²) in [6.45, 7) is 1.05. The molecule has 2 rings (SSSR count). The van der Waals surface area contributed by atoms with Crippen LogP contribution < -0.4 is 11.1 Å². The van der Waals surface area contributed by atoms with Crippen LogP contribution in [-0.4, -0.2) is 29.4 Å². The monoisotopic (exact) mass is 247 g/mol. The Hall–Kier alpha value is -2.04. The smallest absolute Gasteiger partial charge is 0.318 e. The summed E-state index contributed by atoms with van der Waals surface area (Å²) in [5.74, 6) is -0.428. The van der Waals surface area contributed by atoms with Crippen molar-refractivity contribution in [1.29, 1.82) is 0 Å². The third kappa shape index (κ3) is 2.80. The van der Waals surface area contributed by atoms with Crippen molar-refractivity contribution in [2.24, 2.45) is 5.73 Å². The molecule has 3 amide bonds. The number of benzene rings is 1. The van der Waals surface area contributed by atoms with E-state index in [-0.39, 0.29) is 6.03 Å². The molecule has 0 bridgehead atoms. The summed E-state index contributed by atoms with van der Waals surface area (Å²) in [5, 5.41) is 2.80. The average Bonchev–Trinajstić information content (AvgIpc) is 2.86. The number of carbonyl (C=O) groups excluding carboxylic acids is 2. The van der Waals surface area contributed by atoms with Gasteiger partial charge in [0.05, 0.1) is 0 Å². The predicted octanol–water partition coefficient (Wildman–Crippen LogP) is 0.846. The summed E-state index contributed by atoms with van der Waals surface area (Å²) in [7, 11) is 0. The van der Waals surface area contributed by atoms with Gasteiger partial charge in [0.25, 0.3) is 0 Å². The number of hydrogen-bond donors (Lipinski definition) is 2. The fraction of sp³-hybridized carbons (Fsp3) is 0.385. The summed E-state index contributed by atoms with van der Waals surface area (Å²) in [6.07, 6.45) is 1.49. The van der Waals surface area contributed by atoms with Gasteiger partial charge in [0.15, 0.2) is 0 Å². The maximum absolute atomic E-state index is 11.9. The highest BCUT2D eigenvalue weighted by Gasteiger charge is 2.32. The van der Waals surface area contributed by atoms with Gasteiger partial charge in [-0.25, -0.2) is 4.79 Å². The highest BCUT2D eigenvalue weighted by Crippen LogP contribution is 2.16.